The lowest BCUT2D eigenvalue weighted by Crippen LogP contribution is -2.35. The quantitative estimate of drug-likeness (QED) is 0.471. The van der Waals surface area contributed by atoms with Crippen LogP contribution in [0.4, 0.5) is 5.69 Å². The van der Waals surface area contributed by atoms with Gasteiger partial charge in [0.2, 0.25) is 15.9 Å². The third-order valence-electron chi connectivity index (χ3n) is 4.78. The number of rotatable bonds is 6. The zero-order valence-electron chi connectivity index (χ0n) is 16.3. The van der Waals surface area contributed by atoms with Gasteiger partial charge in [0, 0.05) is 23.2 Å². The Kier molecular flexibility index (Phi) is 5.67. The molecule has 5 nitrogen and oxygen atoms in total. The normalized spacial score (nSPS) is 11.7. The van der Waals surface area contributed by atoms with E-state index in [1.807, 2.05) is 66.0 Å². The average molecular weight is 437 g/mol. The smallest absolute Gasteiger partial charge is 0.243 e. The highest BCUT2D eigenvalue weighted by molar-refractivity contribution is 7.89. The van der Waals surface area contributed by atoms with Crippen LogP contribution in [0.5, 0.6) is 0 Å². The highest BCUT2D eigenvalue weighted by Gasteiger charge is 2.23. The van der Waals surface area contributed by atoms with E-state index in [9.17, 15) is 13.2 Å². The number of hydrogen-bond donors (Lipinski definition) is 1. The molecule has 0 radical (unpaired) electrons. The Morgan fingerprint density at radius 3 is 2.43 bits per heavy atom. The summed E-state index contributed by atoms with van der Waals surface area (Å²) in [4.78, 5) is 13.8. The highest BCUT2D eigenvalue weighted by Crippen LogP contribution is 2.31. The summed E-state index contributed by atoms with van der Waals surface area (Å²) < 4.78 is 27.0. The first-order valence-corrected chi connectivity index (χ1v) is 11.6. The number of likely N-dealkylation sites (N-methyl/N-ethyl adjacent to an activating group) is 1. The molecular formula is C23H20N2O3S2. The number of thiophene rings is 1. The van der Waals surface area contributed by atoms with E-state index in [-0.39, 0.29) is 11.4 Å². The molecule has 1 aromatic heterocycles. The van der Waals surface area contributed by atoms with Crippen molar-refractivity contribution in [2.45, 2.75) is 4.90 Å². The second-order valence-electron chi connectivity index (χ2n) is 6.84. The molecule has 1 heterocycles. The van der Waals surface area contributed by atoms with Crippen LogP contribution in [0, 0.1) is 0 Å². The van der Waals surface area contributed by atoms with Crippen molar-refractivity contribution in [1.29, 1.82) is 0 Å². The van der Waals surface area contributed by atoms with Crippen molar-refractivity contribution in [3.8, 4) is 10.4 Å². The predicted molar refractivity (Wildman–Crippen MR) is 122 cm³/mol. The van der Waals surface area contributed by atoms with Gasteiger partial charge in [-0.1, -0.05) is 54.6 Å². The molecule has 1 N–H and O–H groups in total. The Balaban J connectivity index is 1.52. The molecule has 30 heavy (non-hydrogen) atoms. The summed E-state index contributed by atoms with van der Waals surface area (Å²) in [6, 6.07) is 23.9. The second-order valence-corrected chi connectivity index (χ2v) is 9.83. The molecule has 0 atom stereocenters. The molecular weight excluding hydrogens is 416 g/mol. The molecule has 0 unspecified atom stereocenters. The molecule has 4 rings (SSSR count). The van der Waals surface area contributed by atoms with Gasteiger partial charge in [0.15, 0.2) is 0 Å². The van der Waals surface area contributed by atoms with Gasteiger partial charge in [-0.2, -0.15) is 4.31 Å². The Morgan fingerprint density at radius 2 is 1.67 bits per heavy atom. The monoisotopic (exact) mass is 436 g/mol. The van der Waals surface area contributed by atoms with E-state index < -0.39 is 15.9 Å². The number of benzene rings is 3. The summed E-state index contributed by atoms with van der Waals surface area (Å²) >= 11 is 1.58. The molecule has 152 valence electrons. The number of sulfonamides is 1. The second kappa shape index (κ2) is 8.39. The molecule has 0 saturated heterocycles. The van der Waals surface area contributed by atoms with Gasteiger partial charge in [-0.15, -0.1) is 11.3 Å². The maximum absolute atomic E-state index is 13.0. The Morgan fingerprint density at radius 1 is 0.933 bits per heavy atom. The number of carbonyl (C=O) groups excluding carboxylic acids is 1. The van der Waals surface area contributed by atoms with E-state index in [4.69, 9.17) is 0 Å². The van der Waals surface area contributed by atoms with E-state index in [0.717, 1.165) is 25.5 Å². The van der Waals surface area contributed by atoms with Crippen LogP contribution in [0.15, 0.2) is 89.1 Å². The van der Waals surface area contributed by atoms with Crippen LogP contribution in [0.2, 0.25) is 0 Å². The summed E-state index contributed by atoms with van der Waals surface area (Å²) in [5, 5.41) is 6.61. The number of nitrogens with one attached hydrogen (secondary N) is 1. The molecule has 0 bridgehead atoms. The third-order valence-corrected chi connectivity index (χ3v) is 7.49. The number of fused-ring (bicyclic) bond motifs is 1. The van der Waals surface area contributed by atoms with E-state index in [1.165, 1.54) is 7.05 Å². The minimum atomic E-state index is -3.80. The van der Waals surface area contributed by atoms with Gasteiger partial charge in [-0.3, -0.25) is 4.79 Å². The van der Waals surface area contributed by atoms with Crippen LogP contribution in [0.3, 0.4) is 0 Å². The van der Waals surface area contributed by atoms with Crippen molar-refractivity contribution in [3.63, 3.8) is 0 Å². The summed E-state index contributed by atoms with van der Waals surface area (Å²) in [7, 11) is -2.38. The molecule has 0 spiro atoms. The molecule has 3 aromatic carbocycles. The fourth-order valence-electron chi connectivity index (χ4n) is 3.22. The van der Waals surface area contributed by atoms with Gasteiger partial charge in [0.05, 0.1) is 11.4 Å². The first-order chi connectivity index (χ1) is 14.4. The lowest BCUT2D eigenvalue weighted by atomic mass is 10.1. The first kappa shape index (κ1) is 20.3. The van der Waals surface area contributed by atoms with Crippen molar-refractivity contribution in [1.82, 2.24) is 4.31 Å². The van der Waals surface area contributed by atoms with Crippen molar-refractivity contribution in [3.05, 3.63) is 84.2 Å². The summed E-state index contributed by atoms with van der Waals surface area (Å²) in [6.45, 7) is -0.284. The van der Waals surface area contributed by atoms with Crippen molar-refractivity contribution < 1.29 is 13.2 Å². The van der Waals surface area contributed by atoms with Gasteiger partial charge in [-0.05, 0) is 40.4 Å². The Hall–Kier alpha value is -3.00. The SMILES string of the molecule is CN(CC(=O)Nc1ccccc1-c1cccs1)S(=O)(=O)c1ccc2ccccc2c1. The van der Waals surface area contributed by atoms with Crippen LogP contribution >= 0.6 is 11.3 Å². The van der Waals surface area contributed by atoms with Crippen LogP contribution in [0.1, 0.15) is 0 Å². The van der Waals surface area contributed by atoms with E-state index >= 15 is 0 Å². The Bertz CT molecular complexity index is 1300. The standard InChI is InChI=1S/C23H20N2O3S2/c1-25(30(27,28)19-13-12-17-7-2-3-8-18(17)15-19)16-23(26)24-21-10-5-4-9-20(21)22-11-6-14-29-22/h2-15H,16H2,1H3,(H,24,26). The molecule has 0 aliphatic carbocycles. The molecule has 0 fully saturated rings. The largest absolute Gasteiger partial charge is 0.324 e. The topological polar surface area (TPSA) is 66.5 Å². The molecule has 0 aliphatic heterocycles. The molecule has 1 amide bonds. The average Bonchev–Trinajstić information content (AvgIpc) is 3.28. The number of nitrogens with zero attached hydrogens (tertiary/aromatic N) is 1. The fraction of sp³-hybridized carbons (Fsp3) is 0.0870. The van der Waals surface area contributed by atoms with Crippen LogP contribution in [0.25, 0.3) is 21.2 Å². The summed E-state index contributed by atoms with van der Waals surface area (Å²) in [5.74, 6) is -0.397. The minimum Gasteiger partial charge on any atom is -0.324 e. The molecule has 0 saturated carbocycles. The zero-order valence-corrected chi connectivity index (χ0v) is 17.9. The molecule has 0 aliphatic rings. The number of amides is 1. The Labute approximate surface area is 179 Å². The van der Waals surface area contributed by atoms with Gasteiger partial charge >= 0.3 is 0 Å². The van der Waals surface area contributed by atoms with Crippen LogP contribution in [-0.4, -0.2) is 32.2 Å². The number of hydrogen-bond acceptors (Lipinski definition) is 4. The summed E-state index contributed by atoms with van der Waals surface area (Å²) in [6.07, 6.45) is 0. The lowest BCUT2D eigenvalue weighted by Gasteiger charge is -2.18. The van der Waals surface area contributed by atoms with E-state index in [0.29, 0.717) is 5.69 Å². The van der Waals surface area contributed by atoms with Crippen molar-refractivity contribution in [2.24, 2.45) is 0 Å². The first-order valence-electron chi connectivity index (χ1n) is 9.33. The maximum Gasteiger partial charge on any atom is 0.243 e. The van der Waals surface area contributed by atoms with E-state index in [2.05, 4.69) is 5.32 Å². The molecule has 4 aromatic rings. The van der Waals surface area contributed by atoms with Crippen LogP contribution < -0.4 is 5.32 Å². The van der Waals surface area contributed by atoms with Gasteiger partial charge in [0.1, 0.15) is 0 Å². The zero-order chi connectivity index (χ0) is 21.1. The molecule has 7 heteroatoms. The number of para-hydroxylation sites is 1. The van der Waals surface area contributed by atoms with Crippen molar-refractivity contribution in [2.75, 3.05) is 18.9 Å². The van der Waals surface area contributed by atoms with E-state index in [1.54, 1.807) is 29.5 Å². The fourth-order valence-corrected chi connectivity index (χ4v) is 5.15. The van der Waals surface area contributed by atoms with Crippen molar-refractivity contribution >= 4 is 43.7 Å². The number of anilines is 1. The van der Waals surface area contributed by atoms with Gasteiger partial charge in [0.25, 0.3) is 0 Å². The van der Waals surface area contributed by atoms with Crippen LogP contribution in [-0.2, 0) is 14.8 Å². The predicted octanol–water partition coefficient (Wildman–Crippen LogP) is 4.83. The lowest BCUT2D eigenvalue weighted by molar-refractivity contribution is -0.116. The minimum absolute atomic E-state index is 0.162. The van der Waals surface area contributed by atoms with Gasteiger partial charge < -0.3 is 5.32 Å². The third kappa shape index (κ3) is 4.14. The number of carbonyl (C=O) groups is 1. The maximum atomic E-state index is 13.0. The highest BCUT2D eigenvalue weighted by atomic mass is 32.2. The van der Waals surface area contributed by atoms with Gasteiger partial charge in [-0.25, -0.2) is 8.42 Å². The summed E-state index contributed by atoms with van der Waals surface area (Å²) in [5.41, 5.74) is 1.56.